The van der Waals surface area contributed by atoms with Crippen molar-refractivity contribution in [3.8, 4) is 0 Å². The van der Waals surface area contributed by atoms with E-state index in [0.29, 0.717) is 43.1 Å². The van der Waals surface area contributed by atoms with Crippen molar-refractivity contribution in [2.45, 2.75) is 51.1 Å². The predicted molar refractivity (Wildman–Crippen MR) is 99.4 cm³/mol. The molecule has 1 saturated heterocycles. The molecule has 26 heavy (non-hydrogen) atoms. The Balaban J connectivity index is 1.62. The molecular formula is C18H25N3O4S. The predicted octanol–water partition coefficient (Wildman–Crippen LogP) is 1.72. The topological polar surface area (TPSA) is 95.6 Å². The number of sulfonamides is 1. The third kappa shape index (κ3) is 4.42. The quantitative estimate of drug-likeness (QED) is 0.754. The van der Waals surface area contributed by atoms with Crippen molar-refractivity contribution in [3.63, 3.8) is 0 Å². The summed E-state index contributed by atoms with van der Waals surface area (Å²) in [6, 6.07) is 6.28. The van der Waals surface area contributed by atoms with E-state index in [0.717, 1.165) is 12.8 Å². The summed E-state index contributed by atoms with van der Waals surface area (Å²) in [5.74, 6) is -0.378. The van der Waals surface area contributed by atoms with Crippen LogP contribution in [0.15, 0.2) is 24.3 Å². The number of benzene rings is 1. The monoisotopic (exact) mass is 379 g/mol. The molecule has 1 heterocycles. The summed E-state index contributed by atoms with van der Waals surface area (Å²) in [5, 5.41) is 5.68. The molecule has 7 nitrogen and oxygen atoms in total. The molecule has 0 aromatic heterocycles. The van der Waals surface area contributed by atoms with Crippen LogP contribution in [0.1, 0.15) is 49.4 Å². The van der Waals surface area contributed by atoms with Gasteiger partial charge >= 0.3 is 0 Å². The fourth-order valence-electron chi connectivity index (χ4n) is 3.14. The van der Waals surface area contributed by atoms with E-state index in [4.69, 9.17) is 0 Å². The highest BCUT2D eigenvalue weighted by molar-refractivity contribution is 7.89. The van der Waals surface area contributed by atoms with Crippen molar-refractivity contribution in [2.75, 3.05) is 17.6 Å². The van der Waals surface area contributed by atoms with Gasteiger partial charge in [0.25, 0.3) is 5.91 Å². The molecule has 0 radical (unpaired) electrons. The number of nitrogens with one attached hydrogen (secondary N) is 2. The van der Waals surface area contributed by atoms with E-state index in [1.54, 1.807) is 24.3 Å². The van der Waals surface area contributed by atoms with Crippen molar-refractivity contribution < 1.29 is 18.0 Å². The first-order chi connectivity index (χ1) is 12.4. The second kappa shape index (κ2) is 7.75. The van der Waals surface area contributed by atoms with Crippen LogP contribution in [-0.4, -0.2) is 48.9 Å². The lowest BCUT2D eigenvalue weighted by atomic mass is 10.1. The number of rotatable bonds is 7. The molecule has 1 aromatic rings. The standard InChI is InChI=1S/C18H25N3O4S/c1-2-12-26(24,25)21-11-3-4-16(21)18(23)20-14-7-5-13(6-8-14)17(22)19-15-9-10-15/h5-8,15-16H,2-4,9-12H2,1H3,(H,19,22)(H,20,23)/t16-/m0/s1. The highest BCUT2D eigenvalue weighted by Crippen LogP contribution is 2.24. The molecule has 1 atom stereocenters. The Bertz CT molecular complexity index is 772. The third-order valence-corrected chi connectivity index (χ3v) is 6.73. The van der Waals surface area contributed by atoms with Gasteiger partial charge in [0, 0.05) is 23.8 Å². The summed E-state index contributed by atoms with van der Waals surface area (Å²) in [5.41, 5.74) is 1.10. The van der Waals surface area contributed by atoms with Crippen molar-refractivity contribution in [1.82, 2.24) is 9.62 Å². The molecule has 1 aliphatic heterocycles. The van der Waals surface area contributed by atoms with Crippen LogP contribution >= 0.6 is 0 Å². The lowest BCUT2D eigenvalue weighted by Crippen LogP contribution is -2.44. The molecule has 0 unspecified atom stereocenters. The zero-order chi connectivity index (χ0) is 18.7. The van der Waals surface area contributed by atoms with Crippen molar-refractivity contribution in [3.05, 3.63) is 29.8 Å². The molecule has 2 aliphatic rings. The molecule has 2 fully saturated rings. The molecule has 1 aromatic carbocycles. The minimum Gasteiger partial charge on any atom is -0.349 e. The highest BCUT2D eigenvalue weighted by atomic mass is 32.2. The maximum Gasteiger partial charge on any atom is 0.251 e. The highest BCUT2D eigenvalue weighted by Gasteiger charge is 2.38. The summed E-state index contributed by atoms with van der Waals surface area (Å²) in [4.78, 5) is 24.5. The van der Waals surface area contributed by atoms with Gasteiger partial charge in [-0.15, -0.1) is 0 Å². The van der Waals surface area contributed by atoms with Gasteiger partial charge in [-0.1, -0.05) is 6.92 Å². The Hall–Kier alpha value is -1.93. The second-order valence-corrected chi connectivity index (χ2v) is 8.94. The number of amides is 2. The van der Waals surface area contributed by atoms with Gasteiger partial charge in [0.2, 0.25) is 15.9 Å². The summed E-state index contributed by atoms with van der Waals surface area (Å²) in [7, 11) is -3.40. The van der Waals surface area contributed by atoms with Crippen LogP contribution in [0.4, 0.5) is 5.69 Å². The smallest absolute Gasteiger partial charge is 0.251 e. The fourth-order valence-corrected chi connectivity index (χ4v) is 4.88. The average Bonchev–Trinajstić information content (AvgIpc) is 3.25. The minimum atomic E-state index is -3.40. The van der Waals surface area contributed by atoms with Crippen LogP contribution in [0.3, 0.4) is 0 Å². The van der Waals surface area contributed by atoms with Crippen molar-refractivity contribution in [1.29, 1.82) is 0 Å². The summed E-state index contributed by atoms with van der Waals surface area (Å²) >= 11 is 0. The molecule has 142 valence electrons. The van der Waals surface area contributed by atoms with E-state index in [-0.39, 0.29) is 17.6 Å². The number of anilines is 1. The third-order valence-electron chi connectivity index (χ3n) is 4.65. The average molecular weight is 379 g/mol. The van der Waals surface area contributed by atoms with Gasteiger partial charge in [-0.25, -0.2) is 8.42 Å². The van der Waals surface area contributed by atoms with Gasteiger partial charge in [-0.3, -0.25) is 9.59 Å². The molecule has 0 bridgehead atoms. The van der Waals surface area contributed by atoms with Gasteiger partial charge in [0.05, 0.1) is 5.75 Å². The van der Waals surface area contributed by atoms with Crippen LogP contribution in [0, 0.1) is 0 Å². The van der Waals surface area contributed by atoms with E-state index < -0.39 is 16.1 Å². The van der Waals surface area contributed by atoms with Gasteiger partial charge in [-0.05, 0) is 56.4 Å². The molecule has 2 N–H and O–H groups in total. The lowest BCUT2D eigenvalue weighted by molar-refractivity contribution is -0.119. The molecular weight excluding hydrogens is 354 g/mol. The number of carbonyl (C=O) groups is 2. The van der Waals surface area contributed by atoms with E-state index in [1.165, 1.54) is 4.31 Å². The first-order valence-electron chi connectivity index (χ1n) is 9.12. The zero-order valence-corrected chi connectivity index (χ0v) is 15.7. The number of hydrogen-bond donors (Lipinski definition) is 2. The molecule has 2 amide bonds. The van der Waals surface area contributed by atoms with E-state index in [2.05, 4.69) is 10.6 Å². The van der Waals surface area contributed by atoms with Crippen LogP contribution < -0.4 is 10.6 Å². The summed E-state index contributed by atoms with van der Waals surface area (Å²) in [6.45, 7) is 2.20. The fraction of sp³-hybridized carbons (Fsp3) is 0.556. The van der Waals surface area contributed by atoms with Gasteiger partial charge < -0.3 is 10.6 Å². The zero-order valence-electron chi connectivity index (χ0n) is 14.9. The van der Waals surface area contributed by atoms with E-state index in [1.807, 2.05) is 6.92 Å². The van der Waals surface area contributed by atoms with Crippen molar-refractivity contribution >= 4 is 27.5 Å². The summed E-state index contributed by atoms with van der Waals surface area (Å²) in [6.07, 6.45) is 3.78. The number of hydrogen-bond acceptors (Lipinski definition) is 4. The first kappa shape index (κ1) is 18.8. The van der Waals surface area contributed by atoms with Crippen molar-refractivity contribution in [2.24, 2.45) is 0 Å². The molecule has 1 saturated carbocycles. The van der Waals surface area contributed by atoms with Gasteiger partial charge in [0.1, 0.15) is 6.04 Å². The Morgan fingerprint density at radius 1 is 1.15 bits per heavy atom. The normalized spacial score (nSPS) is 20.7. The Morgan fingerprint density at radius 3 is 2.46 bits per heavy atom. The van der Waals surface area contributed by atoms with Gasteiger partial charge in [-0.2, -0.15) is 4.31 Å². The Morgan fingerprint density at radius 2 is 1.85 bits per heavy atom. The Kier molecular flexibility index (Phi) is 5.62. The molecule has 0 spiro atoms. The van der Waals surface area contributed by atoms with Crippen LogP contribution in [0.5, 0.6) is 0 Å². The minimum absolute atomic E-state index is 0.0571. The number of nitrogens with zero attached hydrogens (tertiary/aromatic N) is 1. The van der Waals surface area contributed by atoms with Crippen LogP contribution in [0.25, 0.3) is 0 Å². The molecule has 3 rings (SSSR count). The largest absolute Gasteiger partial charge is 0.349 e. The van der Waals surface area contributed by atoms with Crippen LogP contribution in [-0.2, 0) is 14.8 Å². The molecule has 8 heteroatoms. The molecule has 1 aliphatic carbocycles. The lowest BCUT2D eigenvalue weighted by Gasteiger charge is -2.23. The maximum atomic E-state index is 12.6. The first-order valence-corrected chi connectivity index (χ1v) is 10.7. The number of carbonyl (C=O) groups excluding carboxylic acids is 2. The van der Waals surface area contributed by atoms with E-state index in [9.17, 15) is 18.0 Å². The van der Waals surface area contributed by atoms with E-state index >= 15 is 0 Å². The maximum absolute atomic E-state index is 12.6. The van der Waals surface area contributed by atoms with Crippen LogP contribution in [0.2, 0.25) is 0 Å². The Labute approximate surface area is 154 Å². The SMILES string of the molecule is CCCS(=O)(=O)N1CCC[C@H]1C(=O)Nc1ccc(C(=O)NC2CC2)cc1. The summed E-state index contributed by atoms with van der Waals surface area (Å²) < 4.78 is 26.0. The van der Waals surface area contributed by atoms with Gasteiger partial charge in [0.15, 0.2) is 0 Å². The second-order valence-electron chi connectivity index (χ2n) is 6.90.